The van der Waals surface area contributed by atoms with E-state index in [-0.39, 0.29) is 5.97 Å². The summed E-state index contributed by atoms with van der Waals surface area (Å²) in [6.45, 7) is 2.27. The predicted molar refractivity (Wildman–Crippen MR) is 155 cm³/mol. The van der Waals surface area contributed by atoms with E-state index in [9.17, 15) is 4.79 Å². The minimum atomic E-state index is -0.447. The van der Waals surface area contributed by atoms with Gasteiger partial charge in [0.15, 0.2) is 0 Å². The summed E-state index contributed by atoms with van der Waals surface area (Å²) in [5, 5.41) is 7.98. The van der Waals surface area contributed by atoms with Crippen LogP contribution in [0.4, 0.5) is 11.6 Å². The first kappa shape index (κ1) is 24.6. The summed E-state index contributed by atoms with van der Waals surface area (Å²) in [4.78, 5) is 17.3. The van der Waals surface area contributed by atoms with Crippen molar-refractivity contribution in [3.05, 3.63) is 109 Å². The van der Waals surface area contributed by atoms with Gasteiger partial charge in [0, 0.05) is 18.2 Å². The zero-order valence-electron chi connectivity index (χ0n) is 22.1. The van der Waals surface area contributed by atoms with E-state index in [0.717, 1.165) is 63.6 Å². The maximum atomic E-state index is 12.4. The Morgan fingerprint density at radius 3 is 2.18 bits per heavy atom. The fourth-order valence-electron chi connectivity index (χ4n) is 5.02. The fraction of sp³-hybridized carbons (Fsp3) is 0.182. The SMILES string of the molecule is CCOC(=O)C1(c2ccc(-c3ccc(-c4cnn(C)c4Nc4cccc(-c5ccccc5)n4)cc3)cc2)CC1. The lowest BCUT2D eigenvalue weighted by molar-refractivity contribution is -0.146. The third-order valence-electron chi connectivity index (χ3n) is 7.39. The quantitative estimate of drug-likeness (QED) is 0.223. The van der Waals surface area contributed by atoms with Gasteiger partial charge in [0.1, 0.15) is 11.6 Å². The summed E-state index contributed by atoms with van der Waals surface area (Å²) in [6, 6.07) is 32.9. The molecule has 194 valence electrons. The van der Waals surface area contributed by atoms with Crippen molar-refractivity contribution in [1.82, 2.24) is 14.8 Å². The molecule has 6 nitrogen and oxygen atoms in total. The van der Waals surface area contributed by atoms with Gasteiger partial charge in [-0.2, -0.15) is 5.10 Å². The Kier molecular flexibility index (Phi) is 6.45. The lowest BCUT2D eigenvalue weighted by Gasteiger charge is -2.15. The molecule has 39 heavy (non-hydrogen) atoms. The van der Waals surface area contributed by atoms with Crippen LogP contribution in [0, 0.1) is 0 Å². The average Bonchev–Trinajstić information content (AvgIpc) is 3.73. The Labute approximate surface area is 228 Å². The number of benzene rings is 3. The zero-order valence-corrected chi connectivity index (χ0v) is 22.1. The van der Waals surface area contributed by atoms with E-state index in [0.29, 0.717) is 6.61 Å². The third-order valence-corrected chi connectivity index (χ3v) is 7.39. The van der Waals surface area contributed by atoms with Gasteiger partial charge in [-0.15, -0.1) is 0 Å². The first-order valence-electron chi connectivity index (χ1n) is 13.3. The van der Waals surface area contributed by atoms with Crippen molar-refractivity contribution in [3.63, 3.8) is 0 Å². The van der Waals surface area contributed by atoms with Crippen LogP contribution in [0.3, 0.4) is 0 Å². The minimum Gasteiger partial charge on any atom is -0.465 e. The molecule has 0 radical (unpaired) electrons. The van der Waals surface area contributed by atoms with Crippen molar-refractivity contribution in [2.75, 3.05) is 11.9 Å². The Hall–Kier alpha value is -4.71. The van der Waals surface area contributed by atoms with Gasteiger partial charge in [-0.05, 0) is 54.2 Å². The first-order valence-corrected chi connectivity index (χ1v) is 13.3. The molecule has 0 aliphatic heterocycles. The van der Waals surface area contributed by atoms with Crippen LogP contribution >= 0.6 is 0 Å². The standard InChI is InChI=1S/C33H30N4O2/c1-3-39-32(38)33(20-21-33)27-18-16-24(17-19-27)23-12-14-25(15-13-23)28-22-34-37(2)31(28)36-30-11-7-10-29(35-30)26-8-5-4-6-9-26/h4-19,22H,3,20-21H2,1-2H3,(H,35,36). The first-order chi connectivity index (χ1) is 19.1. The highest BCUT2D eigenvalue weighted by Gasteiger charge is 2.52. The van der Waals surface area contributed by atoms with Crippen LogP contribution in [0.15, 0.2) is 103 Å². The van der Waals surface area contributed by atoms with E-state index in [1.165, 1.54) is 0 Å². The second kappa shape index (κ2) is 10.2. The number of hydrogen-bond donors (Lipinski definition) is 1. The van der Waals surface area contributed by atoms with E-state index in [2.05, 4.69) is 71.1 Å². The lowest BCUT2D eigenvalue weighted by atomic mass is 9.93. The van der Waals surface area contributed by atoms with Crippen LogP contribution in [-0.2, 0) is 22.0 Å². The maximum absolute atomic E-state index is 12.4. The minimum absolute atomic E-state index is 0.107. The summed E-state index contributed by atoms with van der Waals surface area (Å²) in [7, 11) is 1.92. The van der Waals surface area contributed by atoms with Gasteiger partial charge in [-0.25, -0.2) is 4.98 Å². The third kappa shape index (κ3) is 4.81. The van der Waals surface area contributed by atoms with E-state index in [4.69, 9.17) is 9.72 Å². The highest BCUT2D eigenvalue weighted by atomic mass is 16.5. The number of nitrogens with zero attached hydrogens (tertiary/aromatic N) is 3. The van der Waals surface area contributed by atoms with Crippen LogP contribution < -0.4 is 5.32 Å². The number of ether oxygens (including phenoxy) is 1. The number of esters is 1. The fourth-order valence-corrected chi connectivity index (χ4v) is 5.02. The van der Waals surface area contributed by atoms with Crippen molar-refractivity contribution >= 4 is 17.6 Å². The molecule has 0 bridgehead atoms. The van der Waals surface area contributed by atoms with Gasteiger partial charge >= 0.3 is 5.97 Å². The molecule has 0 saturated heterocycles. The van der Waals surface area contributed by atoms with E-state index in [1.807, 2.05) is 61.2 Å². The second-order valence-corrected chi connectivity index (χ2v) is 9.89. The van der Waals surface area contributed by atoms with Crippen molar-refractivity contribution < 1.29 is 9.53 Å². The number of rotatable bonds is 8. The van der Waals surface area contributed by atoms with Crippen LogP contribution in [0.1, 0.15) is 25.3 Å². The van der Waals surface area contributed by atoms with E-state index < -0.39 is 5.41 Å². The number of nitrogens with one attached hydrogen (secondary N) is 1. The predicted octanol–water partition coefficient (Wildman–Crippen LogP) is 7.15. The summed E-state index contributed by atoms with van der Waals surface area (Å²) in [6.07, 6.45) is 3.58. The number of pyridine rings is 1. The van der Waals surface area contributed by atoms with Crippen LogP contribution in [0.5, 0.6) is 0 Å². The van der Waals surface area contributed by atoms with Crippen molar-refractivity contribution in [2.24, 2.45) is 7.05 Å². The van der Waals surface area contributed by atoms with Gasteiger partial charge in [0.2, 0.25) is 0 Å². The van der Waals surface area contributed by atoms with Crippen LogP contribution in [0.25, 0.3) is 33.5 Å². The molecular formula is C33H30N4O2. The molecule has 0 amide bonds. The molecule has 1 aliphatic rings. The maximum Gasteiger partial charge on any atom is 0.316 e. The second-order valence-electron chi connectivity index (χ2n) is 9.89. The van der Waals surface area contributed by atoms with Crippen molar-refractivity contribution in [2.45, 2.75) is 25.2 Å². The smallest absolute Gasteiger partial charge is 0.316 e. The molecule has 0 unspecified atom stereocenters. The van der Waals surface area contributed by atoms with E-state index in [1.54, 1.807) is 0 Å². The molecule has 1 fully saturated rings. The molecule has 3 aromatic carbocycles. The average molecular weight is 515 g/mol. The Bertz CT molecular complexity index is 1600. The number of hydrogen-bond acceptors (Lipinski definition) is 5. The molecule has 1 N–H and O–H groups in total. The normalized spacial score (nSPS) is 13.6. The van der Waals surface area contributed by atoms with Gasteiger partial charge in [-0.1, -0.05) is 84.9 Å². The summed E-state index contributed by atoms with van der Waals surface area (Å²) in [5.41, 5.74) is 6.85. The number of carbonyl (C=O) groups is 1. The summed E-state index contributed by atoms with van der Waals surface area (Å²) < 4.78 is 7.14. The highest BCUT2D eigenvalue weighted by Crippen LogP contribution is 2.49. The number of aryl methyl sites for hydroxylation is 1. The van der Waals surface area contributed by atoms with Crippen molar-refractivity contribution in [3.8, 4) is 33.5 Å². The van der Waals surface area contributed by atoms with Crippen LogP contribution in [0.2, 0.25) is 0 Å². The number of carbonyl (C=O) groups excluding carboxylic acids is 1. The molecule has 0 spiro atoms. The Morgan fingerprint density at radius 1 is 0.846 bits per heavy atom. The van der Waals surface area contributed by atoms with E-state index >= 15 is 0 Å². The van der Waals surface area contributed by atoms with Crippen LogP contribution in [-0.4, -0.2) is 27.3 Å². The summed E-state index contributed by atoms with van der Waals surface area (Å²) >= 11 is 0. The molecule has 6 heteroatoms. The molecule has 1 aliphatic carbocycles. The number of aromatic nitrogens is 3. The molecule has 2 aromatic heterocycles. The van der Waals surface area contributed by atoms with Gasteiger partial charge in [0.25, 0.3) is 0 Å². The monoisotopic (exact) mass is 514 g/mol. The summed E-state index contributed by atoms with van der Waals surface area (Å²) in [5.74, 6) is 1.53. The molecule has 0 atom stereocenters. The largest absolute Gasteiger partial charge is 0.465 e. The molecule has 6 rings (SSSR count). The van der Waals surface area contributed by atoms with Crippen molar-refractivity contribution in [1.29, 1.82) is 0 Å². The van der Waals surface area contributed by atoms with Gasteiger partial charge < -0.3 is 10.1 Å². The Balaban J connectivity index is 1.22. The molecule has 5 aromatic rings. The molecular weight excluding hydrogens is 484 g/mol. The Morgan fingerprint density at radius 2 is 1.51 bits per heavy atom. The topological polar surface area (TPSA) is 69.0 Å². The molecule has 1 saturated carbocycles. The van der Waals surface area contributed by atoms with Gasteiger partial charge in [0.05, 0.1) is 23.9 Å². The molecule has 2 heterocycles. The number of anilines is 2. The lowest BCUT2D eigenvalue weighted by Crippen LogP contribution is -2.23. The van der Waals surface area contributed by atoms with Gasteiger partial charge in [-0.3, -0.25) is 9.48 Å². The highest BCUT2D eigenvalue weighted by molar-refractivity contribution is 5.87. The zero-order chi connectivity index (χ0) is 26.8.